The van der Waals surface area contributed by atoms with Gasteiger partial charge in [-0.1, -0.05) is 41.4 Å². The van der Waals surface area contributed by atoms with E-state index >= 15 is 0 Å². The minimum Gasteiger partial charge on any atom is -0.349 e. The second-order valence-corrected chi connectivity index (χ2v) is 6.46. The number of nitrogens with zero attached hydrogens (tertiary/aromatic N) is 3. The summed E-state index contributed by atoms with van der Waals surface area (Å²) in [6, 6.07) is 12.9. The van der Waals surface area contributed by atoms with Crippen molar-refractivity contribution in [2.75, 3.05) is 0 Å². The number of amides is 1. The Hall–Kier alpha value is -2.37. The van der Waals surface area contributed by atoms with E-state index < -0.39 is 0 Å². The Kier molecular flexibility index (Phi) is 5.36. The lowest BCUT2D eigenvalue weighted by molar-refractivity contribution is -0.121. The summed E-state index contributed by atoms with van der Waals surface area (Å²) in [4.78, 5) is 16.2. The van der Waals surface area contributed by atoms with Crippen LogP contribution < -0.4 is 5.32 Å². The van der Waals surface area contributed by atoms with Crippen molar-refractivity contribution in [1.82, 2.24) is 20.1 Å². The van der Waals surface area contributed by atoms with Crippen LogP contribution in [0.1, 0.15) is 24.1 Å². The first-order chi connectivity index (χ1) is 12.0. The van der Waals surface area contributed by atoms with Crippen LogP contribution in [0.15, 0.2) is 55.1 Å². The Labute approximate surface area is 155 Å². The number of aromatic nitrogens is 3. The molecule has 0 fully saturated rings. The number of rotatable bonds is 5. The number of carbonyl (C=O) groups excluding carboxylic acids is 1. The maximum atomic E-state index is 12.2. The maximum Gasteiger partial charge on any atom is 0.224 e. The molecule has 0 aliphatic heterocycles. The number of nitrogens with one attached hydrogen (secondary N) is 1. The molecule has 1 atom stereocenters. The highest BCUT2D eigenvalue weighted by atomic mass is 35.5. The second kappa shape index (κ2) is 7.68. The van der Waals surface area contributed by atoms with Crippen molar-refractivity contribution in [1.29, 1.82) is 0 Å². The zero-order valence-corrected chi connectivity index (χ0v) is 15.0. The Morgan fingerprint density at radius 3 is 2.56 bits per heavy atom. The largest absolute Gasteiger partial charge is 0.349 e. The summed E-state index contributed by atoms with van der Waals surface area (Å²) in [7, 11) is 0. The standard InChI is InChI=1S/C18H16Cl2N4O/c1-12(14-3-5-15(6-4-14)24-11-21-10-22-24)23-18(25)9-13-2-7-16(19)17(20)8-13/h2-8,10-12H,9H2,1H3,(H,23,25)/t12-/m1/s1. The molecule has 2 aromatic carbocycles. The van der Waals surface area contributed by atoms with Crippen LogP contribution in [0.3, 0.4) is 0 Å². The average Bonchev–Trinajstić information content (AvgIpc) is 3.13. The van der Waals surface area contributed by atoms with Crippen LogP contribution in [0.2, 0.25) is 10.0 Å². The van der Waals surface area contributed by atoms with Gasteiger partial charge in [-0.05, 0) is 42.3 Å². The minimum atomic E-state index is -0.111. The summed E-state index contributed by atoms with van der Waals surface area (Å²) in [5.74, 6) is -0.0776. The molecule has 0 spiro atoms. The van der Waals surface area contributed by atoms with Gasteiger partial charge in [0.25, 0.3) is 0 Å². The molecule has 25 heavy (non-hydrogen) atoms. The third-order valence-electron chi connectivity index (χ3n) is 3.80. The molecule has 0 bridgehead atoms. The van der Waals surface area contributed by atoms with Crippen molar-refractivity contribution >= 4 is 29.1 Å². The van der Waals surface area contributed by atoms with E-state index in [4.69, 9.17) is 23.2 Å². The minimum absolute atomic E-state index is 0.0776. The Morgan fingerprint density at radius 2 is 1.92 bits per heavy atom. The molecule has 0 radical (unpaired) electrons. The molecule has 0 saturated carbocycles. The summed E-state index contributed by atoms with van der Waals surface area (Å²) in [6.45, 7) is 1.94. The van der Waals surface area contributed by atoms with Gasteiger partial charge in [-0.25, -0.2) is 9.67 Å². The molecule has 3 aromatic rings. The fraction of sp³-hybridized carbons (Fsp3) is 0.167. The van der Waals surface area contributed by atoms with E-state index in [1.54, 1.807) is 29.2 Å². The lowest BCUT2D eigenvalue weighted by atomic mass is 10.1. The van der Waals surface area contributed by atoms with Crippen molar-refractivity contribution in [2.45, 2.75) is 19.4 Å². The van der Waals surface area contributed by atoms with Gasteiger partial charge in [-0.2, -0.15) is 5.10 Å². The second-order valence-electron chi connectivity index (χ2n) is 5.65. The number of hydrogen-bond acceptors (Lipinski definition) is 3. The third-order valence-corrected chi connectivity index (χ3v) is 4.54. The van der Waals surface area contributed by atoms with E-state index in [1.165, 1.54) is 6.33 Å². The summed E-state index contributed by atoms with van der Waals surface area (Å²) in [5.41, 5.74) is 2.74. The molecular weight excluding hydrogens is 359 g/mol. The maximum absolute atomic E-state index is 12.2. The van der Waals surface area contributed by atoms with Gasteiger partial charge in [-0.3, -0.25) is 4.79 Å². The Morgan fingerprint density at radius 1 is 1.16 bits per heavy atom. The van der Waals surface area contributed by atoms with Crippen molar-refractivity contribution < 1.29 is 4.79 Å². The van der Waals surface area contributed by atoms with Gasteiger partial charge in [0.15, 0.2) is 0 Å². The van der Waals surface area contributed by atoms with E-state index in [0.717, 1.165) is 16.8 Å². The Bertz CT molecular complexity index is 863. The molecule has 3 rings (SSSR count). The lowest BCUT2D eigenvalue weighted by Crippen LogP contribution is -2.28. The van der Waals surface area contributed by atoms with Crippen molar-refractivity contribution in [3.05, 3.63) is 76.3 Å². The highest BCUT2D eigenvalue weighted by Gasteiger charge is 2.11. The van der Waals surface area contributed by atoms with E-state index in [1.807, 2.05) is 31.2 Å². The summed E-state index contributed by atoms with van der Waals surface area (Å²) in [6.07, 6.45) is 3.37. The van der Waals surface area contributed by atoms with Gasteiger partial charge in [0.05, 0.1) is 28.2 Å². The van der Waals surface area contributed by atoms with E-state index in [-0.39, 0.29) is 18.4 Å². The normalized spacial score (nSPS) is 12.0. The predicted octanol–water partition coefficient (Wildman–Crippen LogP) is 3.99. The SMILES string of the molecule is C[C@@H](NC(=O)Cc1ccc(Cl)c(Cl)c1)c1ccc(-n2cncn2)cc1. The van der Waals surface area contributed by atoms with E-state index in [2.05, 4.69) is 15.4 Å². The summed E-state index contributed by atoms with van der Waals surface area (Å²) < 4.78 is 1.68. The zero-order chi connectivity index (χ0) is 17.8. The van der Waals surface area contributed by atoms with Crippen LogP contribution in [0.4, 0.5) is 0 Å². The van der Waals surface area contributed by atoms with Crippen LogP contribution in [0.5, 0.6) is 0 Å². The first kappa shape index (κ1) is 17.5. The molecule has 1 N–H and O–H groups in total. The Balaban J connectivity index is 1.62. The zero-order valence-electron chi connectivity index (χ0n) is 13.5. The molecule has 0 aliphatic rings. The van der Waals surface area contributed by atoms with Crippen molar-refractivity contribution in [2.24, 2.45) is 0 Å². The topological polar surface area (TPSA) is 59.8 Å². The molecule has 0 unspecified atom stereocenters. The predicted molar refractivity (Wildman–Crippen MR) is 98.1 cm³/mol. The monoisotopic (exact) mass is 374 g/mol. The van der Waals surface area contributed by atoms with E-state index in [0.29, 0.717) is 10.0 Å². The quantitative estimate of drug-likeness (QED) is 0.734. The molecule has 1 heterocycles. The molecule has 0 aliphatic carbocycles. The molecule has 0 saturated heterocycles. The summed E-state index contributed by atoms with van der Waals surface area (Å²) >= 11 is 11.9. The van der Waals surface area contributed by atoms with Crippen LogP contribution >= 0.6 is 23.2 Å². The van der Waals surface area contributed by atoms with Gasteiger partial charge < -0.3 is 5.32 Å². The average molecular weight is 375 g/mol. The molecular formula is C18H16Cl2N4O. The first-order valence-corrected chi connectivity index (χ1v) is 8.47. The van der Waals surface area contributed by atoms with Gasteiger partial charge in [0.2, 0.25) is 5.91 Å². The summed E-state index contributed by atoms with van der Waals surface area (Å²) in [5, 5.41) is 7.99. The number of benzene rings is 2. The van der Waals surface area contributed by atoms with Crippen LogP contribution in [0.25, 0.3) is 5.69 Å². The number of carbonyl (C=O) groups is 1. The van der Waals surface area contributed by atoms with Gasteiger partial charge >= 0.3 is 0 Å². The molecule has 1 aromatic heterocycles. The van der Waals surface area contributed by atoms with Gasteiger partial charge in [-0.15, -0.1) is 0 Å². The number of hydrogen-bond donors (Lipinski definition) is 1. The third kappa shape index (κ3) is 4.38. The highest BCUT2D eigenvalue weighted by molar-refractivity contribution is 6.42. The molecule has 1 amide bonds. The van der Waals surface area contributed by atoms with Crippen molar-refractivity contribution in [3.8, 4) is 5.69 Å². The van der Waals surface area contributed by atoms with Crippen LogP contribution in [0, 0.1) is 0 Å². The molecule has 7 heteroatoms. The highest BCUT2D eigenvalue weighted by Crippen LogP contribution is 2.23. The van der Waals surface area contributed by atoms with Gasteiger partial charge in [0.1, 0.15) is 12.7 Å². The van der Waals surface area contributed by atoms with Crippen molar-refractivity contribution in [3.63, 3.8) is 0 Å². The fourth-order valence-electron chi connectivity index (χ4n) is 2.47. The van der Waals surface area contributed by atoms with Crippen LogP contribution in [-0.2, 0) is 11.2 Å². The van der Waals surface area contributed by atoms with Gasteiger partial charge in [0, 0.05) is 0 Å². The molecule has 128 valence electrons. The first-order valence-electron chi connectivity index (χ1n) is 7.71. The van der Waals surface area contributed by atoms with E-state index in [9.17, 15) is 4.79 Å². The number of halogens is 2. The smallest absolute Gasteiger partial charge is 0.224 e. The molecule has 5 nitrogen and oxygen atoms in total. The lowest BCUT2D eigenvalue weighted by Gasteiger charge is -2.15. The fourth-order valence-corrected chi connectivity index (χ4v) is 2.79. The van der Waals surface area contributed by atoms with Crippen LogP contribution in [-0.4, -0.2) is 20.7 Å².